The van der Waals surface area contributed by atoms with Gasteiger partial charge in [0.05, 0.1) is 13.2 Å². The highest BCUT2D eigenvalue weighted by atomic mass is 16.5. The summed E-state index contributed by atoms with van der Waals surface area (Å²) < 4.78 is 10.9. The number of esters is 2. The topological polar surface area (TPSA) is 76.1 Å². The second kappa shape index (κ2) is 45.4. The van der Waals surface area contributed by atoms with E-state index in [0.29, 0.717) is 58.4 Å². The molecule has 334 valence electrons. The number of unbranched alkanes of at least 4 members (excludes halogenated alkanes) is 8. The molecular weight excluding hydrogens is 733 g/mol. The third-order valence-electron chi connectivity index (χ3n) is 9.44. The fourth-order valence-electron chi connectivity index (χ4n) is 5.94. The van der Waals surface area contributed by atoms with E-state index >= 15 is 0 Å². The Balaban J connectivity index is 4.18. The van der Waals surface area contributed by atoms with Crippen LogP contribution in [0.2, 0.25) is 0 Å². The van der Waals surface area contributed by atoms with Crippen molar-refractivity contribution in [1.82, 2.24) is 9.80 Å². The van der Waals surface area contributed by atoms with E-state index < -0.39 is 0 Å². The van der Waals surface area contributed by atoms with E-state index in [0.717, 1.165) is 77.2 Å². The minimum atomic E-state index is -0.195. The molecule has 59 heavy (non-hydrogen) atoms. The predicted molar refractivity (Wildman–Crippen MR) is 252 cm³/mol. The van der Waals surface area contributed by atoms with Gasteiger partial charge in [0.2, 0.25) is 5.91 Å². The Morgan fingerprint density at radius 1 is 0.390 bits per heavy atom. The second-order valence-electron chi connectivity index (χ2n) is 15.4. The highest BCUT2D eigenvalue weighted by Gasteiger charge is 2.14. The fourth-order valence-corrected chi connectivity index (χ4v) is 5.94. The van der Waals surface area contributed by atoms with Crippen molar-refractivity contribution in [2.45, 2.75) is 168 Å². The van der Waals surface area contributed by atoms with Crippen molar-refractivity contribution >= 4 is 17.8 Å². The van der Waals surface area contributed by atoms with Gasteiger partial charge in [-0.2, -0.15) is 0 Å². The molecule has 7 nitrogen and oxygen atoms in total. The Kier molecular flexibility index (Phi) is 42.5. The predicted octanol–water partition coefficient (Wildman–Crippen LogP) is 13.3. The van der Waals surface area contributed by atoms with Crippen LogP contribution >= 0.6 is 0 Å². The van der Waals surface area contributed by atoms with E-state index in [9.17, 15) is 14.4 Å². The first-order valence-electron chi connectivity index (χ1n) is 23.3. The molecule has 0 saturated carbocycles. The van der Waals surface area contributed by atoms with Gasteiger partial charge in [-0.1, -0.05) is 137 Å². The molecule has 0 fully saturated rings. The first kappa shape index (κ1) is 55.3. The lowest BCUT2D eigenvalue weighted by Crippen LogP contribution is -2.34. The zero-order valence-electron chi connectivity index (χ0n) is 38.2. The smallest absolute Gasteiger partial charge is 0.305 e. The first-order valence-corrected chi connectivity index (χ1v) is 23.3. The number of ether oxygens (including phenoxy) is 2. The van der Waals surface area contributed by atoms with E-state index in [1.54, 1.807) is 0 Å². The zero-order valence-corrected chi connectivity index (χ0v) is 38.2. The molecule has 0 heterocycles. The van der Waals surface area contributed by atoms with Crippen LogP contribution in [0.15, 0.2) is 97.2 Å². The standard InChI is InChI=1S/C52H86N2O5/c1-5-7-9-11-13-15-17-19-21-23-25-27-29-31-33-35-37-43-51(56)58-48-40-46-54(50(55)42-39-45-53(3)4)47-41-49-59-52(57)44-38-36-34-32-30-28-26-24-22-20-18-16-14-12-10-8-6-2/h13-16,19-22,25-28,31-34H,5-12,17-18,23-24,29-30,35-49H2,1-4H3/b15-13-,16-14-,21-19-,22-20-,27-25-,28-26-,33-31-,34-32-. The molecule has 0 aromatic carbocycles. The van der Waals surface area contributed by atoms with E-state index in [4.69, 9.17) is 9.47 Å². The van der Waals surface area contributed by atoms with Crippen molar-refractivity contribution in [3.8, 4) is 0 Å². The van der Waals surface area contributed by atoms with Crippen LogP contribution in [0, 0.1) is 0 Å². The van der Waals surface area contributed by atoms with E-state index in [1.165, 1.54) is 51.4 Å². The van der Waals surface area contributed by atoms with Crippen LogP contribution in [0.25, 0.3) is 0 Å². The Labute approximate surface area is 362 Å². The van der Waals surface area contributed by atoms with E-state index in [1.807, 2.05) is 19.0 Å². The molecule has 0 aliphatic carbocycles. The number of hydrogen-bond acceptors (Lipinski definition) is 6. The Bertz CT molecular complexity index is 1160. The molecule has 7 heteroatoms. The normalized spacial score (nSPS) is 12.5. The van der Waals surface area contributed by atoms with Crippen LogP contribution < -0.4 is 0 Å². The Morgan fingerprint density at radius 3 is 1.07 bits per heavy atom. The van der Waals surface area contributed by atoms with Gasteiger partial charge in [-0.3, -0.25) is 14.4 Å². The zero-order chi connectivity index (χ0) is 43.1. The molecule has 0 rings (SSSR count). The number of rotatable bonds is 40. The molecule has 0 saturated heterocycles. The molecule has 1 amide bonds. The molecule has 0 aromatic heterocycles. The second-order valence-corrected chi connectivity index (χ2v) is 15.4. The Morgan fingerprint density at radius 2 is 0.729 bits per heavy atom. The molecule has 0 spiro atoms. The number of allylic oxidation sites excluding steroid dienone is 16. The minimum Gasteiger partial charge on any atom is -0.466 e. The molecule has 0 atom stereocenters. The van der Waals surface area contributed by atoms with Gasteiger partial charge in [-0.25, -0.2) is 0 Å². The molecule has 0 aromatic rings. The highest BCUT2D eigenvalue weighted by molar-refractivity contribution is 5.76. The lowest BCUT2D eigenvalue weighted by atomic mass is 10.2. The summed E-state index contributed by atoms with van der Waals surface area (Å²) >= 11 is 0. The first-order chi connectivity index (χ1) is 28.9. The van der Waals surface area contributed by atoms with Crippen LogP contribution in [0.5, 0.6) is 0 Å². The van der Waals surface area contributed by atoms with Crippen LogP contribution in [0.4, 0.5) is 0 Å². The summed E-state index contributed by atoms with van der Waals surface area (Å²) in [5.41, 5.74) is 0. The Hall–Kier alpha value is -3.71. The number of amides is 1. The summed E-state index contributed by atoms with van der Waals surface area (Å²) in [6.45, 7) is 6.92. The number of nitrogens with zero attached hydrogens (tertiary/aromatic N) is 2. The van der Waals surface area contributed by atoms with Gasteiger partial charge in [0.1, 0.15) is 0 Å². The fraction of sp³-hybridized carbons (Fsp3) is 0.635. The summed E-state index contributed by atoms with van der Waals surface area (Å²) in [6, 6.07) is 0. The van der Waals surface area contributed by atoms with E-state index in [-0.39, 0.29) is 17.8 Å². The van der Waals surface area contributed by atoms with Crippen molar-refractivity contribution in [1.29, 1.82) is 0 Å². The summed E-state index contributed by atoms with van der Waals surface area (Å²) in [5.74, 6) is -0.304. The summed E-state index contributed by atoms with van der Waals surface area (Å²) in [7, 11) is 4.00. The van der Waals surface area contributed by atoms with Gasteiger partial charge >= 0.3 is 11.9 Å². The van der Waals surface area contributed by atoms with Crippen molar-refractivity contribution < 1.29 is 23.9 Å². The maximum absolute atomic E-state index is 13.0. The molecule has 0 unspecified atom stereocenters. The molecule has 0 aliphatic rings. The van der Waals surface area contributed by atoms with E-state index in [2.05, 4.69) is 116 Å². The third-order valence-corrected chi connectivity index (χ3v) is 9.44. The largest absolute Gasteiger partial charge is 0.466 e. The summed E-state index contributed by atoms with van der Waals surface area (Å²) in [6.07, 6.45) is 57.5. The van der Waals surface area contributed by atoms with Gasteiger partial charge in [-0.05, 0) is 130 Å². The molecule has 0 radical (unpaired) electrons. The summed E-state index contributed by atoms with van der Waals surface area (Å²) in [4.78, 5) is 41.5. The van der Waals surface area contributed by atoms with Crippen LogP contribution in [-0.2, 0) is 23.9 Å². The van der Waals surface area contributed by atoms with Gasteiger partial charge < -0.3 is 19.3 Å². The molecular formula is C52H86N2O5. The lowest BCUT2D eigenvalue weighted by molar-refractivity contribution is -0.144. The van der Waals surface area contributed by atoms with Crippen molar-refractivity contribution in [2.24, 2.45) is 0 Å². The van der Waals surface area contributed by atoms with Crippen LogP contribution in [0.1, 0.15) is 168 Å². The third kappa shape index (κ3) is 43.7. The average Bonchev–Trinajstić information content (AvgIpc) is 3.22. The van der Waals surface area contributed by atoms with Crippen molar-refractivity contribution in [2.75, 3.05) is 46.9 Å². The number of carbonyl (C=O) groups is 3. The van der Waals surface area contributed by atoms with Gasteiger partial charge in [-0.15, -0.1) is 0 Å². The minimum absolute atomic E-state index is 0.0857. The molecule has 0 aliphatic heterocycles. The monoisotopic (exact) mass is 819 g/mol. The SMILES string of the molecule is CCCCC/C=C\C/C=C\C/C=C\C/C=C\CCCC(=O)OCCCN(CCCOC(=O)CCC/C=C\C/C=C\C/C=C\C/C=C\CCCCC)C(=O)CCCN(C)C. The van der Waals surface area contributed by atoms with Gasteiger partial charge in [0.15, 0.2) is 0 Å². The van der Waals surface area contributed by atoms with Gasteiger partial charge in [0, 0.05) is 32.4 Å². The quantitative estimate of drug-likeness (QED) is 0.0348. The molecule has 0 bridgehead atoms. The number of carbonyl (C=O) groups excluding carboxylic acids is 3. The maximum atomic E-state index is 13.0. The lowest BCUT2D eigenvalue weighted by Gasteiger charge is -2.23. The van der Waals surface area contributed by atoms with Crippen molar-refractivity contribution in [3.63, 3.8) is 0 Å². The number of hydrogen-bond donors (Lipinski definition) is 0. The summed E-state index contributed by atoms with van der Waals surface area (Å²) in [5, 5.41) is 0. The van der Waals surface area contributed by atoms with Crippen molar-refractivity contribution in [3.05, 3.63) is 97.2 Å². The average molecular weight is 819 g/mol. The van der Waals surface area contributed by atoms with Crippen LogP contribution in [0.3, 0.4) is 0 Å². The van der Waals surface area contributed by atoms with Crippen LogP contribution in [-0.4, -0.2) is 74.6 Å². The highest BCUT2D eigenvalue weighted by Crippen LogP contribution is 2.07. The molecule has 0 N–H and O–H groups in total. The maximum Gasteiger partial charge on any atom is 0.305 e. The van der Waals surface area contributed by atoms with Gasteiger partial charge in [0.25, 0.3) is 0 Å².